The molecule has 2 aromatic heterocycles. The van der Waals surface area contributed by atoms with E-state index in [1.165, 1.54) is 12.3 Å². The van der Waals surface area contributed by atoms with Crippen LogP contribution in [0.3, 0.4) is 0 Å². The van der Waals surface area contributed by atoms with Crippen molar-refractivity contribution in [3.05, 3.63) is 63.3 Å². The average molecular weight is 405 g/mol. The van der Waals surface area contributed by atoms with Crippen molar-refractivity contribution in [1.82, 2.24) is 20.6 Å². The van der Waals surface area contributed by atoms with E-state index in [1.807, 2.05) is 12.1 Å². The monoisotopic (exact) mass is 404 g/mol. The van der Waals surface area contributed by atoms with Crippen LogP contribution in [0.5, 0.6) is 0 Å². The van der Waals surface area contributed by atoms with Crippen molar-refractivity contribution in [2.75, 3.05) is 6.54 Å². The van der Waals surface area contributed by atoms with Crippen LogP contribution in [0.25, 0.3) is 0 Å². The highest BCUT2D eigenvalue weighted by molar-refractivity contribution is 6.30. The van der Waals surface area contributed by atoms with E-state index in [0.717, 1.165) is 5.56 Å². The Morgan fingerprint density at radius 2 is 2.04 bits per heavy atom. The lowest BCUT2D eigenvalue weighted by Gasteiger charge is -2.16. The molecule has 2 heterocycles. The zero-order valence-electron chi connectivity index (χ0n) is 15.0. The maximum atomic E-state index is 12.4. The van der Waals surface area contributed by atoms with Gasteiger partial charge in [-0.3, -0.25) is 19.4 Å². The molecule has 3 rings (SSSR count). The molecule has 0 unspecified atom stereocenters. The Balaban J connectivity index is 1.50. The summed E-state index contributed by atoms with van der Waals surface area (Å²) in [4.78, 5) is 42.3. The molecule has 148 valence electrons. The predicted octanol–water partition coefficient (Wildman–Crippen LogP) is 0.651. The van der Waals surface area contributed by atoms with Gasteiger partial charge in [0.1, 0.15) is 5.02 Å². The molecule has 28 heavy (non-hydrogen) atoms. The molecule has 9 heteroatoms. The molecule has 0 bridgehead atoms. The minimum absolute atomic E-state index is 0.0916. The van der Waals surface area contributed by atoms with E-state index in [9.17, 15) is 19.5 Å². The molecular formula is C19H21ClN4O4. The second-order valence-corrected chi connectivity index (χ2v) is 7.18. The van der Waals surface area contributed by atoms with Gasteiger partial charge >= 0.3 is 0 Å². The van der Waals surface area contributed by atoms with Gasteiger partial charge in [-0.15, -0.1) is 0 Å². The molecule has 2 aromatic rings. The second kappa shape index (κ2) is 8.99. The maximum absolute atomic E-state index is 12.4. The SMILES string of the molecule is O=C(N[C@@H]1C[C@H](C(=O)NCCc2ccncc2)C[C@H]1O)c1c[nH]c(=O)c(Cl)c1. The van der Waals surface area contributed by atoms with Gasteiger partial charge in [-0.05, 0) is 43.0 Å². The fourth-order valence-corrected chi connectivity index (χ4v) is 3.42. The second-order valence-electron chi connectivity index (χ2n) is 6.78. The fraction of sp³-hybridized carbons (Fsp3) is 0.368. The number of nitrogens with zero attached hydrogens (tertiary/aromatic N) is 1. The number of carbonyl (C=O) groups excluding carboxylic acids is 2. The van der Waals surface area contributed by atoms with Gasteiger partial charge in [0.2, 0.25) is 5.91 Å². The van der Waals surface area contributed by atoms with E-state index < -0.39 is 23.6 Å². The number of hydrogen-bond acceptors (Lipinski definition) is 5. The van der Waals surface area contributed by atoms with Gasteiger partial charge in [-0.25, -0.2) is 0 Å². The van der Waals surface area contributed by atoms with Crippen molar-refractivity contribution in [3.8, 4) is 0 Å². The average Bonchev–Trinajstić information content (AvgIpc) is 3.05. The molecule has 0 aromatic carbocycles. The van der Waals surface area contributed by atoms with Crippen LogP contribution in [-0.2, 0) is 11.2 Å². The Hall–Kier alpha value is -2.71. The largest absolute Gasteiger partial charge is 0.391 e. The first kappa shape index (κ1) is 20.0. The predicted molar refractivity (Wildman–Crippen MR) is 103 cm³/mol. The highest BCUT2D eigenvalue weighted by atomic mass is 35.5. The van der Waals surface area contributed by atoms with Gasteiger partial charge in [0.25, 0.3) is 11.5 Å². The number of aliphatic hydroxyl groups is 1. The molecule has 0 radical (unpaired) electrons. The van der Waals surface area contributed by atoms with E-state index in [-0.39, 0.29) is 28.8 Å². The van der Waals surface area contributed by atoms with Crippen molar-refractivity contribution in [3.63, 3.8) is 0 Å². The van der Waals surface area contributed by atoms with Gasteiger partial charge in [0, 0.05) is 31.1 Å². The minimum Gasteiger partial charge on any atom is -0.391 e. The molecule has 2 amide bonds. The molecule has 0 spiro atoms. The zero-order valence-corrected chi connectivity index (χ0v) is 15.8. The van der Waals surface area contributed by atoms with Crippen molar-refractivity contribution in [1.29, 1.82) is 0 Å². The summed E-state index contributed by atoms with van der Waals surface area (Å²) in [6.45, 7) is 0.488. The fourth-order valence-electron chi connectivity index (χ4n) is 3.25. The number of aliphatic hydroxyl groups excluding tert-OH is 1. The van der Waals surface area contributed by atoms with Crippen LogP contribution in [0.1, 0.15) is 28.8 Å². The Morgan fingerprint density at radius 1 is 1.29 bits per heavy atom. The third-order valence-electron chi connectivity index (χ3n) is 4.80. The number of hydrogen-bond donors (Lipinski definition) is 4. The van der Waals surface area contributed by atoms with Crippen molar-refractivity contribution >= 4 is 23.4 Å². The van der Waals surface area contributed by atoms with Gasteiger partial charge in [0.05, 0.1) is 17.7 Å². The maximum Gasteiger partial charge on any atom is 0.266 e. The van der Waals surface area contributed by atoms with Crippen LogP contribution in [0.15, 0.2) is 41.6 Å². The molecule has 1 fully saturated rings. The standard InChI is InChI=1S/C19H21ClN4O4/c20-14-7-13(10-23-19(14)28)18(27)24-15-8-12(9-16(15)25)17(26)22-6-3-11-1-4-21-5-2-11/h1-2,4-5,7,10,12,15-16,25H,3,6,8-9H2,(H,22,26)(H,23,28)(H,24,27)/t12-,15+,16+/m0/s1. The third kappa shape index (κ3) is 4.96. The summed E-state index contributed by atoms with van der Waals surface area (Å²) >= 11 is 5.73. The molecule has 1 aliphatic carbocycles. The van der Waals surface area contributed by atoms with E-state index in [4.69, 9.17) is 11.6 Å². The molecule has 3 atom stereocenters. The smallest absolute Gasteiger partial charge is 0.266 e. The first-order valence-electron chi connectivity index (χ1n) is 8.98. The number of amides is 2. The summed E-state index contributed by atoms with van der Waals surface area (Å²) in [5.41, 5.74) is 0.774. The number of aromatic nitrogens is 2. The van der Waals surface area contributed by atoms with E-state index >= 15 is 0 Å². The lowest BCUT2D eigenvalue weighted by atomic mass is 10.1. The van der Waals surface area contributed by atoms with Gasteiger partial charge < -0.3 is 20.7 Å². The Bertz CT molecular complexity index is 902. The number of aromatic amines is 1. The molecule has 4 N–H and O–H groups in total. The minimum atomic E-state index is -0.821. The lowest BCUT2D eigenvalue weighted by Crippen LogP contribution is -2.40. The topological polar surface area (TPSA) is 124 Å². The number of pyridine rings is 2. The normalized spacial score (nSPS) is 21.3. The highest BCUT2D eigenvalue weighted by Gasteiger charge is 2.37. The van der Waals surface area contributed by atoms with Crippen LogP contribution in [0, 0.1) is 5.92 Å². The van der Waals surface area contributed by atoms with Crippen LogP contribution in [-0.4, -0.2) is 45.6 Å². The summed E-state index contributed by atoms with van der Waals surface area (Å²) in [5, 5.41) is 15.7. The van der Waals surface area contributed by atoms with E-state index in [1.54, 1.807) is 12.4 Å². The van der Waals surface area contributed by atoms with Crippen LogP contribution < -0.4 is 16.2 Å². The molecule has 0 aliphatic heterocycles. The highest BCUT2D eigenvalue weighted by Crippen LogP contribution is 2.26. The number of H-pyrrole nitrogens is 1. The summed E-state index contributed by atoms with van der Waals surface area (Å²) in [5.74, 6) is -0.991. The quantitative estimate of drug-likeness (QED) is 0.562. The van der Waals surface area contributed by atoms with Crippen molar-refractivity contribution < 1.29 is 14.7 Å². The zero-order chi connectivity index (χ0) is 20.1. The number of nitrogens with one attached hydrogen (secondary N) is 3. The van der Waals surface area contributed by atoms with Crippen molar-refractivity contribution in [2.24, 2.45) is 5.92 Å². The summed E-state index contributed by atoms with van der Waals surface area (Å²) in [6, 6.07) is 4.50. The van der Waals surface area contributed by atoms with E-state index in [0.29, 0.717) is 19.4 Å². The molecule has 0 saturated heterocycles. The van der Waals surface area contributed by atoms with E-state index in [2.05, 4.69) is 20.6 Å². The summed E-state index contributed by atoms with van der Waals surface area (Å²) in [6.07, 6.45) is 5.15. The Labute approximate surface area is 166 Å². The van der Waals surface area contributed by atoms with Crippen LogP contribution in [0.2, 0.25) is 5.02 Å². The Morgan fingerprint density at radius 3 is 2.75 bits per heavy atom. The molecule has 1 aliphatic rings. The Kier molecular flexibility index (Phi) is 6.43. The van der Waals surface area contributed by atoms with Crippen LogP contribution in [0.4, 0.5) is 0 Å². The summed E-state index contributed by atoms with van der Waals surface area (Å²) in [7, 11) is 0. The number of rotatable bonds is 6. The first-order chi connectivity index (χ1) is 13.4. The van der Waals surface area contributed by atoms with Gasteiger partial charge in [0.15, 0.2) is 0 Å². The van der Waals surface area contributed by atoms with Crippen molar-refractivity contribution in [2.45, 2.75) is 31.4 Å². The summed E-state index contributed by atoms with van der Waals surface area (Å²) < 4.78 is 0. The molecular weight excluding hydrogens is 384 g/mol. The molecule has 1 saturated carbocycles. The van der Waals surface area contributed by atoms with Gasteiger partial charge in [-0.2, -0.15) is 0 Å². The lowest BCUT2D eigenvalue weighted by molar-refractivity contribution is -0.125. The number of carbonyl (C=O) groups is 2. The number of halogens is 1. The van der Waals surface area contributed by atoms with Gasteiger partial charge in [-0.1, -0.05) is 11.6 Å². The first-order valence-corrected chi connectivity index (χ1v) is 9.35. The molecule has 8 nitrogen and oxygen atoms in total. The third-order valence-corrected chi connectivity index (χ3v) is 5.08. The van der Waals surface area contributed by atoms with Crippen LogP contribution >= 0.6 is 11.6 Å².